The molecule has 2 heterocycles. The molecule has 1 amide bonds. The molecule has 0 radical (unpaired) electrons. The van der Waals surface area contributed by atoms with E-state index in [1.54, 1.807) is 36.4 Å². The first-order chi connectivity index (χ1) is 18.7. The van der Waals surface area contributed by atoms with Gasteiger partial charge in [-0.05, 0) is 73.0 Å². The van der Waals surface area contributed by atoms with Crippen LogP contribution in [0, 0.1) is 5.92 Å². The summed E-state index contributed by atoms with van der Waals surface area (Å²) in [4.78, 5) is 21.9. The van der Waals surface area contributed by atoms with Crippen molar-refractivity contribution < 1.29 is 22.7 Å². The SMILES string of the molecule is CCc1c2nc(nc1-c1ccc(OCC(C)C)cc1)NS(=O)(=O)c1cccc(c1)NC(=O)c1cccc(c1)O2. The van der Waals surface area contributed by atoms with Gasteiger partial charge in [-0.15, -0.1) is 0 Å². The van der Waals surface area contributed by atoms with E-state index >= 15 is 0 Å². The highest BCUT2D eigenvalue weighted by molar-refractivity contribution is 7.92. The number of carbonyl (C=O) groups excluding carboxylic acids is 1. The first-order valence-corrected chi connectivity index (χ1v) is 14.1. The van der Waals surface area contributed by atoms with Crippen LogP contribution < -0.4 is 19.5 Å². The maximum absolute atomic E-state index is 13.3. The number of ether oxygens (including phenoxy) is 2. The lowest BCUT2D eigenvalue weighted by atomic mass is 10.0. The molecule has 0 unspecified atom stereocenters. The Kier molecular flexibility index (Phi) is 7.21. The molecule has 0 spiro atoms. The van der Waals surface area contributed by atoms with E-state index in [9.17, 15) is 13.2 Å². The monoisotopic (exact) mass is 544 g/mol. The molecular weight excluding hydrogens is 516 g/mol. The lowest BCUT2D eigenvalue weighted by Crippen LogP contribution is -2.18. The summed E-state index contributed by atoms with van der Waals surface area (Å²) in [5.41, 5.74) is 2.62. The zero-order chi connectivity index (χ0) is 27.6. The Morgan fingerprint density at radius 2 is 1.72 bits per heavy atom. The number of carbonyl (C=O) groups is 1. The van der Waals surface area contributed by atoms with Crippen molar-refractivity contribution in [3.63, 3.8) is 0 Å². The quantitative estimate of drug-likeness (QED) is 0.321. The molecule has 1 aromatic heterocycles. The van der Waals surface area contributed by atoms with Crippen LogP contribution in [0.5, 0.6) is 17.4 Å². The van der Waals surface area contributed by atoms with E-state index in [4.69, 9.17) is 9.47 Å². The molecule has 0 fully saturated rings. The number of hydrogen-bond donors (Lipinski definition) is 2. The van der Waals surface area contributed by atoms with Crippen LogP contribution in [0.2, 0.25) is 0 Å². The summed E-state index contributed by atoms with van der Waals surface area (Å²) in [5.74, 6) is 1.13. The largest absolute Gasteiger partial charge is 0.493 e. The summed E-state index contributed by atoms with van der Waals surface area (Å²) in [6.07, 6.45) is 0.505. The summed E-state index contributed by atoms with van der Waals surface area (Å²) < 4.78 is 41.0. The van der Waals surface area contributed by atoms with Crippen LogP contribution in [0.15, 0.2) is 77.7 Å². The first kappa shape index (κ1) is 26.2. The Labute approximate surface area is 227 Å². The van der Waals surface area contributed by atoms with E-state index < -0.39 is 15.9 Å². The number of hydrogen-bond acceptors (Lipinski definition) is 7. The summed E-state index contributed by atoms with van der Waals surface area (Å²) in [6, 6.07) is 20.1. The van der Waals surface area contributed by atoms with Gasteiger partial charge in [-0.25, -0.2) is 18.1 Å². The molecule has 3 aromatic carbocycles. The second-order valence-electron chi connectivity index (χ2n) is 9.48. The number of anilines is 2. The van der Waals surface area contributed by atoms with Gasteiger partial charge in [0.1, 0.15) is 11.5 Å². The summed E-state index contributed by atoms with van der Waals surface area (Å²) in [5, 5.41) is 2.73. The lowest BCUT2D eigenvalue weighted by molar-refractivity contribution is 0.102. The molecular formula is C29H28N4O5S. The van der Waals surface area contributed by atoms with Gasteiger partial charge >= 0.3 is 0 Å². The van der Waals surface area contributed by atoms with Gasteiger partial charge in [0.2, 0.25) is 11.8 Å². The van der Waals surface area contributed by atoms with Gasteiger partial charge in [-0.2, -0.15) is 4.98 Å². The smallest absolute Gasteiger partial charge is 0.264 e. The molecule has 1 aliphatic rings. The summed E-state index contributed by atoms with van der Waals surface area (Å²) >= 11 is 0. The molecule has 0 aliphatic carbocycles. The van der Waals surface area contributed by atoms with E-state index in [1.165, 1.54) is 12.1 Å². The normalized spacial score (nSPS) is 14.0. The van der Waals surface area contributed by atoms with Gasteiger partial charge in [0, 0.05) is 22.4 Å². The summed E-state index contributed by atoms with van der Waals surface area (Å²) in [6.45, 7) is 6.68. The van der Waals surface area contributed by atoms with Crippen molar-refractivity contribution in [2.45, 2.75) is 32.1 Å². The third kappa shape index (κ3) is 5.85. The number of nitrogens with zero attached hydrogens (tertiary/aromatic N) is 2. The number of sulfonamides is 1. The molecule has 1 aliphatic heterocycles. The predicted molar refractivity (Wildman–Crippen MR) is 149 cm³/mol. The van der Waals surface area contributed by atoms with Crippen LogP contribution in [0.1, 0.15) is 36.7 Å². The van der Waals surface area contributed by atoms with Crippen LogP contribution in [0.4, 0.5) is 11.6 Å². The van der Waals surface area contributed by atoms with Gasteiger partial charge in [-0.3, -0.25) is 4.79 Å². The van der Waals surface area contributed by atoms with E-state index in [-0.39, 0.29) is 16.7 Å². The molecule has 39 heavy (non-hydrogen) atoms. The first-order valence-electron chi connectivity index (χ1n) is 12.6. The van der Waals surface area contributed by atoms with Crippen LogP contribution in [-0.4, -0.2) is 30.9 Å². The number of aromatic nitrogens is 2. The zero-order valence-electron chi connectivity index (χ0n) is 21.8. The highest BCUT2D eigenvalue weighted by atomic mass is 32.2. The van der Waals surface area contributed by atoms with Gasteiger partial charge in [0.05, 0.1) is 17.2 Å². The van der Waals surface area contributed by atoms with Gasteiger partial charge in [0.15, 0.2) is 0 Å². The summed E-state index contributed by atoms with van der Waals surface area (Å²) in [7, 11) is -4.09. The molecule has 200 valence electrons. The van der Waals surface area contributed by atoms with Crippen molar-refractivity contribution in [1.29, 1.82) is 0 Å². The number of benzene rings is 3. The fourth-order valence-electron chi connectivity index (χ4n) is 4.06. The zero-order valence-corrected chi connectivity index (χ0v) is 22.6. The Balaban J connectivity index is 1.66. The van der Waals surface area contributed by atoms with Crippen molar-refractivity contribution in [3.8, 4) is 28.6 Å². The van der Waals surface area contributed by atoms with E-state index in [1.807, 2.05) is 31.2 Å². The van der Waals surface area contributed by atoms with E-state index in [2.05, 4.69) is 33.9 Å². The predicted octanol–water partition coefficient (Wildman–Crippen LogP) is 5.90. The fourth-order valence-corrected chi connectivity index (χ4v) is 5.05. The minimum atomic E-state index is -4.09. The van der Waals surface area contributed by atoms with Crippen LogP contribution in [0.25, 0.3) is 11.3 Å². The van der Waals surface area contributed by atoms with Crippen molar-refractivity contribution in [2.75, 3.05) is 16.6 Å². The van der Waals surface area contributed by atoms with Crippen molar-refractivity contribution in [3.05, 3.63) is 83.9 Å². The Morgan fingerprint density at radius 3 is 2.46 bits per heavy atom. The maximum Gasteiger partial charge on any atom is 0.264 e. The maximum atomic E-state index is 13.3. The second kappa shape index (κ2) is 10.7. The average molecular weight is 545 g/mol. The molecule has 6 bridgehead atoms. The standard InChI is InChI=1S/C29H28N4O5S/c1-4-25-26(19-11-13-22(14-12-19)37-17-18(2)3)31-29-32-28(25)38-23-9-5-7-20(15-23)27(34)30-21-8-6-10-24(16-21)39(35,36)33-29/h5-16,18H,4,17H2,1-3H3,(H,30,34)(H,31,32,33). The third-order valence-corrected chi connectivity index (χ3v) is 7.30. The molecule has 9 nitrogen and oxygen atoms in total. The minimum absolute atomic E-state index is 0.0510. The fraction of sp³-hybridized carbons (Fsp3) is 0.207. The van der Waals surface area contributed by atoms with Gasteiger partial charge in [-0.1, -0.05) is 32.9 Å². The van der Waals surface area contributed by atoms with Crippen molar-refractivity contribution in [2.24, 2.45) is 5.92 Å². The van der Waals surface area contributed by atoms with Crippen LogP contribution in [-0.2, 0) is 16.4 Å². The molecule has 0 saturated carbocycles. The second-order valence-corrected chi connectivity index (χ2v) is 11.2. The minimum Gasteiger partial charge on any atom is -0.493 e. The number of rotatable bonds is 5. The molecule has 0 saturated heterocycles. The third-order valence-electron chi connectivity index (χ3n) is 5.97. The topological polar surface area (TPSA) is 120 Å². The highest BCUT2D eigenvalue weighted by Gasteiger charge is 2.23. The Bertz CT molecular complexity index is 1640. The highest BCUT2D eigenvalue weighted by Crippen LogP contribution is 2.34. The average Bonchev–Trinajstić information content (AvgIpc) is 2.91. The van der Waals surface area contributed by atoms with Crippen LogP contribution in [0.3, 0.4) is 0 Å². The van der Waals surface area contributed by atoms with Gasteiger partial charge < -0.3 is 14.8 Å². The molecule has 10 heteroatoms. The lowest BCUT2D eigenvalue weighted by Gasteiger charge is -2.17. The van der Waals surface area contributed by atoms with Crippen molar-refractivity contribution >= 4 is 27.6 Å². The molecule has 4 aromatic rings. The number of nitrogens with one attached hydrogen (secondary N) is 2. The number of amides is 1. The molecule has 2 N–H and O–H groups in total. The van der Waals surface area contributed by atoms with E-state index in [0.29, 0.717) is 47.2 Å². The van der Waals surface area contributed by atoms with Crippen molar-refractivity contribution in [1.82, 2.24) is 9.97 Å². The Morgan fingerprint density at radius 1 is 0.949 bits per heavy atom. The molecule has 0 atom stereocenters. The van der Waals surface area contributed by atoms with Crippen LogP contribution >= 0.6 is 0 Å². The van der Waals surface area contributed by atoms with E-state index in [0.717, 1.165) is 11.3 Å². The Hall–Kier alpha value is -4.44. The molecule has 5 rings (SSSR count). The number of fused-ring (bicyclic) bond motifs is 6. The van der Waals surface area contributed by atoms with Gasteiger partial charge in [0.25, 0.3) is 15.9 Å².